The minimum Gasteiger partial charge on any atom is -0.478 e. The van der Waals surface area contributed by atoms with Crippen LogP contribution in [-0.4, -0.2) is 74.0 Å². The quantitative estimate of drug-likeness (QED) is 0.597. The summed E-state index contributed by atoms with van der Waals surface area (Å²) in [6, 6.07) is 0. The molecule has 1 aromatic heterocycles. The first-order valence-corrected chi connectivity index (χ1v) is 7.55. The zero-order valence-corrected chi connectivity index (χ0v) is 11.5. The summed E-state index contributed by atoms with van der Waals surface area (Å²) in [6.45, 7) is 3.52. The number of carboxylic acids is 1. The van der Waals surface area contributed by atoms with Gasteiger partial charge in [0, 0.05) is 26.2 Å². The molecule has 2 rings (SSSR count). The Balaban J connectivity index is 1.93. The third-order valence-electron chi connectivity index (χ3n) is 2.93. The van der Waals surface area contributed by atoms with Gasteiger partial charge in [0.25, 0.3) is 10.0 Å². The normalized spacial score (nSPS) is 17.2. The maximum Gasteiger partial charge on any atom is 0.340 e. The molecule has 1 saturated heterocycles. The highest BCUT2D eigenvalue weighted by molar-refractivity contribution is 7.89. The number of carboxylic acid groups (broad SMARTS) is 1. The molecule has 0 amide bonds. The maximum atomic E-state index is 12.0. The van der Waals surface area contributed by atoms with Crippen molar-refractivity contribution in [3.8, 4) is 0 Å². The van der Waals surface area contributed by atoms with Crippen LogP contribution >= 0.6 is 0 Å². The Morgan fingerprint density at radius 3 is 2.85 bits per heavy atom. The Morgan fingerprint density at radius 1 is 1.50 bits per heavy atom. The maximum absolute atomic E-state index is 12.0. The average Bonchev–Trinajstić information content (AvgIpc) is 2.90. The number of nitrogens with one attached hydrogen (secondary N) is 2. The lowest BCUT2D eigenvalue weighted by Gasteiger charge is -2.26. The van der Waals surface area contributed by atoms with Gasteiger partial charge in [-0.3, -0.25) is 10.00 Å². The lowest BCUT2D eigenvalue weighted by atomic mass is 10.4. The molecule has 10 heteroatoms. The van der Waals surface area contributed by atoms with Crippen LogP contribution in [0, 0.1) is 0 Å². The molecule has 2 heterocycles. The van der Waals surface area contributed by atoms with Crippen molar-refractivity contribution in [1.82, 2.24) is 19.8 Å². The number of aromatic carboxylic acids is 1. The van der Waals surface area contributed by atoms with E-state index in [9.17, 15) is 13.2 Å². The van der Waals surface area contributed by atoms with Gasteiger partial charge in [0.05, 0.1) is 19.4 Å². The number of hydrogen-bond acceptors (Lipinski definition) is 6. The average molecular weight is 304 g/mol. The van der Waals surface area contributed by atoms with E-state index in [0.717, 1.165) is 19.3 Å². The summed E-state index contributed by atoms with van der Waals surface area (Å²) in [5, 5.41) is 14.1. The number of aromatic amines is 1. The standard InChI is InChI=1S/C10H16N4O5S/c15-10(16)8-7-11-13-9(8)20(17,18)12-1-2-14-3-5-19-6-4-14/h7,12H,1-6H2,(H,11,13)(H,15,16). The van der Waals surface area contributed by atoms with Crippen LogP contribution in [0.1, 0.15) is 10.4 Å². The first-order chi connectivity index (χ1) is 9.50. The zero-order chi connectivity index (χ0) is 14.6. The smallest absolute Gasteiger partial charge is 0.340 e. The third kappa shape index (κ3) is 3.54. The van der Waals surface area contributed by atoms with Crippen molar-refractivity contribution in [3.63, 3.8) is 0 Å². The number of carbonyl (C=O) groups is 1. The molecule has 1 aliphatic heterocycles. The molecule has 0 aromatic carbocycles. The molecular weight excluding hydrogens is 288 g/mol. The lowest BCUT2D eigenvalue weighted by Crippen LogP contribution is -2.41. The van der Waals surface area contributed by atoms with Crippen LogP contribution < -0.4 is 4.72 Å². The van der Waals surface area contributed by atoms with Crippen LogP contribution in [0.25, 0.3) is 0 Å². The molecular formula is C10H16N4O5S. The Kier molecular flexibility index (Phi) is 4.70. The number of ether oxygens (including phenoxy) is 1. The summed E-state index contributed by atoms with van der Waals surface area (Å²) in [4.78, 5) is 12.9. The van der Waals surface area contributed by atoms with Gasteiger partial charge in [-0.05, 0) is 0 Å². The molecule has 0 atom stereocenters. The Bertz CT molecular complexity index is 564. The Morgan fingerprint density at radius 2 is 2.20 bits per heavy atom. The molecule has 1 fully saturated rings. The number of H-pyrrole nitrogens is 1. The molecule has 0 unspecified atom stereocenters. The van der Waals surface area contributed by atoms with Gasteiger partial charge in [-0.2, -0.15) is 5.10 Å². The van der Waals surface area contributed by atoms with Crippen LogP contribution in [0.4, 0.5) is 0 Å². The van der Waals surface area contributed by atoms with E-state index in [4.69, 9.17) is 9.84 Å². The van der Waals surface area contributed by atoms with Crippen molar-refractivity contribution in [2.24, 2.45) is 0 Å². The van der Waals surface area contributed by atoms with E-state index in [1.165, 1.54) is 0 Å². The van der Waals surface area contributed by atoms with Gasteiger partial charge < -0.3 is 9.84 Å². The van der Waals surface area contributed by atoms with E-state index in [1.54, 1.807) is 0 Å². The highest BCUT2D eigenvalue weighted by atomic mass is 32.2. The predicted octanol–water partition coefficient (Wildman–Crippen LogP) is -1.28. The van der Waals surface area contributed by atoms with Crippen molar-refractivity contribution in [1.29, 1.82) is 0 Å². The zero-order valence-electron chi connectivity index (χ0n) is 10.7. The largest absolute Gasteiger partial charge is 0.478 e. The number of aromatic nitrogens is 2. The topological polar surface area (TPSA) is 125 Å². The molecule has 1 aliphatic rings. The number of sulfonamides is 1. The second-order valence-electron chi connectivity index (χ2n) is 4.27. The van der Waals surface area contributed by atoms with Crippen LogP contribution in [0.3, 0.4) is 0 Å². The molecule has 0 saturated carbocycles. The fraction of sp³-hybridized carbons (Fsp3) is 0.600. The van der Waals surface area contributed by atoms with E-state index in [1.807, 2.05) is 0 Å². The van der Waals surface area contributed by atoms with Crippen molar-refractivity contribution in [2.45, 2.75) is 5.03 Å². The summed E-state index contributed by atoms with van der Waals surface area (Å²) in [6.07, 6.45) is 0.971. The van der Waals surface area contributed by atoms with Gasteiger partial charge in [0.15, 0.2) is 5.03 Å². The fourth-order valence-electron chi connectivity index (χ4n) is 1.87. The monoisotopic (exact) mass is 304 g/mol. The van der Waals surface area contributed by atoms with Gasteiger partial charge in [-0.1, -0.05) is 0 Å². The first-order valence-electron chi connectivity index (χ1n) is 6.07. The second-order valence-corrected chi connectivity index (χ2v) is 5.97. The summed E-state index contributed by atoms with van der Waals surface area (Å²) in [7, 11) is -3.90. The van der Waals surface area contributed by atoms with E-state index in [0.29, 0.717) is 19.8 Å². The molecule has 9 nitrogen and oxygen atoms in total. The Hall–Kier alpha value is -1.49. The Labute approximate surface area is 116 Å². The highest BCUT2D eigenvalue weighted by Crippen LogP contribution is 2.11. The summed E-state index contributed by atoms with van der Waals surface area (Å²) < 4.78 is 31.5. The van der Waals surface area contributed by atoms with Crippen molar-refractivity contribution < 1.29 is 23.1 Å². The summed E-state index contributed by atoms with van der Waals surface area (Å²) in [5.74, 6) is -1.34. The van der Waals surface area contributed by atoms with Gasteiger partial charge in [0.1, 0.15) is 5.56 Å². The molecule has 0 radical (unpaired) electrons. The van der Waals surface area contributed by atoms with Crippen molar-refractivity contribution >= 4 is 16.0 Å². The van der Waals surface area contributed by atoms with Gasteiger partial charge in [0.2, 0.25) is 0 Å². The summed E-state index contributed by atoms with van der Waals surface area (Å²) >= 11 is 0. The molecule has 20 heavy (non-hydrogen) atoms. The van der Waals surface area contributed by atoms with Gasteiger partial charge in [-0.15, -0.1) is 0 Å². The van der Waals surface area contributed by atoms with Crippen LogP contribution in [0.5, 0.6) is 0 Å². The van der Waals surface area contributed by atoms with E-state index in [-0.39, 0.29) is 12.1 Å². The van der Waals surface area contributed by atoms with E-state index >= 15 is 0 Å². The van der Waals surface area contributed by atoms with Crippen LogP contribution in [0.2, 0.25) is 0 Å². The third-order valence-corrected chi connectivity index (χ3v) is 4.36. The van der Waals surface area contributed by atoms with Gasteiger partial charge >= 0.3 is 5.97 Å². The lowest BCUT2D eigenvalue weighted by molar-refractivity contribution is 0.0390. The number of morpholine rings is 1. The highest BCUT2D eigenvalue weighted by Gasteiger charge is 2.24. The number of nitrogens with zero attached hydrogens (tertiary/aromatic N) is 2. The van der Waals surface area contributed by atoms with Crippen molar-refractivity contribution in [3.05, 3.63) is 11.8 Å². The van der Waals surface area contributed by atoms with E-state index in [2.05, 4.69) is 19.8 Å². The SMILES string of the molecule is O=C(O)c1cn[nH]c1S(=O)(=O)NCCN1CCOCC1. The molecule has 0 aliphatic carbocycles. The molecule has 3 N–H and O–H groups in total. The molecule has 0 bridgehead atoms. The van der Waals surface area contributed by atoms with Crippen LogP contribution in [-0.2, 0) is 14.8 Å². The number of rotatable bonds is 6. The van der Waals surface area contributed by atoms with Crippen LogP contribution in [0.15, 0.2) is 11.2 Å². The molecule has 112 valence electrons. The van der Waals surface area contributed by atoms with Gasteiger partial charge in [-0.25, -0.2) is 17.9 Å². The molecule has 0 spiro atoms. The minimum absolute atomic E-state index is 0.195. The fourth-order valence-corrected chi connectivity index (χ4v) is 2.97. The number of hydrogen-bond donors (Lipinski definition) is 3. The minimum atomic E-state index is -3.90. The van der Waals surface area contributed by atoms with Crippen molar-refractivity contribution in [2.75, 3.05) is 39.4 Å². The van der Waals surface area contributed by atoms with E-state index < -0.39 is 21.0 Å². The first kappa shape index (κ1) is 14.9. The summed E-state index contributed by atoms with van der Waals surface area (Å²) in [5.41, 5.74) is -0.371. The second kappa shape index (κ2) is 6.31. The predicted molar refractivity (Wildman–Crippen MR) is 68.0 cm³/mol. The molecule has 1 aromatic rings.